The van der Waals surface area contributed by atoms with Crippen molar-refractivity contribution in [2.24, 2.45) is 0 Å². The molecule has 4 rings (SSSR count). The van der Waals surface area contributed by atoms with Gasteiger partial charge in [0.25, 0.3) is 0 Å². The number of nitrogens with zero attached hydrogens (tertiary/aromatic N) is 4. The highest BCUT2D eigenvalue weighted by molar-refractivity contribution is 6.10. The molecular formula is C25H35N6O3Si. The van der Waals surface area contributed by atoms with Crippen molar-refractivity contribution in [1.82, 2.24) is 20.2 Å². The monoisotopic (exact) mass is 495 g/mol. The third kappa shape index (κ3) is 6.57. The molecule has 1 atom stereocenters. The molecule has 0 unspecified atom stereocenters. The fourth-order valence-corrected chi connectivity index (χ4v) is 4.82. The highest BCUT2D eigenvalue weighted by atomic mass is 28.1. The van der Waals surface area contributed by atoms with Crippen molar-refractivity contribution in [3.05, 3.63) is 35.5 Å². The summed E-state index contributed by atoms with van der Waals surface area (Å²) in [7, 11) is 3.24. The number of anilines is 2. The second-order valence-electron chi connectivity index (χ2n) is 9.07. The molecular weight excluding hydrogens is 460 g/mol. The third-order valence-corrected chi connectivity index (χ3v) is 6.76. The average Bonchev–Trinajstić information content (AvgIpc) is 3.07. The van der Waals surface area contributed by atoms with Gasteiger partial charge in [0.1, 0.15) is 5.82 Å². The number of amides is 2. The molecule has 1 saturated heterocycles. The number of fused-ring (bicyclic) bond motifs is 1. The summed E-state index contributed by atoms with van der Waals surface area (Å²) in [6, 6.07) is 7.64. The number of carbonyl (C=O) groups is 1. The summed E-state index contributed by atoms with van der Waals surface area (Å²) in [5, 5.41) is 14.6. The largest absolute Gasteiger partial charge is 0.396 e. The van der Waals surface area contributed by atoms with Crippen LogP contribution in [0, 0.1) is 0 Å². The first-order chi connectivity index (χ1) is 17.1. The molecule has 187 valence electrons. The van der Waals surface area contributed by atoms with Crippen molar-refractivity contribution in [3.63, 3.8) is 0 Å². The first-order valence-electron chi connectivity index (χ1n) is 12.5. The molecule has 35 heavy (non-hydrogen) atoms. The fraction of sp³-hybridized carbons (Fsp3) is 0.560. The normalized spacial score (nSPS) is 18.6. The van der Waals surface area contributed by atoms with E-state index in [9.17, 15) is 4.79 Å². The number of hydrogen-bond donors (Lipinski definition) is 3. The minimum Gasteiger partial charge on any atom is -0.396 e. The van der Waals surface area contributed by atoms with Crippen molar-refractivity contribution in [3.8, 4) is 11.4 Å². The number of rotatable bonds is 8. The molecule has 10 heteroatoms. The number of urea groups is 1. The summed E-state index contributed by atoms with van der Waals surface area (Å²) in [6.45, 7) is 7.56. The van der Waals surface area contributed by atoms with Crippen molar-refractivity contribution in [2.75, 3.05) is 62.4 Å². The van der Waals surface area contributed by atoms with E-state index in [-0.39, 0.29) is 18.7 Å². The number of benzene rings is 1. The Kier molecular flexibility index (Phi) is 9.08. The lowest BCUT2D eigenvalue weighted by Crippen LogP contribution is -2.45. The number of morpholine rings is 1. The maximum atomic E-state index is 11.8. The molecule has 0 aliphatic carbocycles. The van der Waals surface area contributed by atoms with Gasteiger partial charge in [-0.15, -0.1) is 0 Å². The molecule has 1 aromatic heterocycles. The number of ether oxygens (including phenoxy) is 1. The van der Waals surface area contributed by atoms with Gasteiger partial charge in [0.2, 0.25) is 0 Å². The first-order valence-corrected chi connectivity index (χ1v) is 13.2. The Morgan fingerprint density at radius 2 is 1.97 bits per heavy atom. The molecule has 9 nitrogen and oxygen atoms in total. The highest BCUT2D eigenvalue weighted by Crippen LogP contribution is 2.30. The smallest absolute Gasteiger partial charge is 0.318 e. The third-order valence-electron chi connectivity index (χ3n) is 6.59. The number of aliphatic hydroxyl groups excluding tert-OH is 1. The molecule has 1 fully saturated rings. The molecule has 2 aliphatic heterocycles. The molecule has 3 heterocycles. The Hall–Kier alpha value is -2.53. The number of nitrogens with one attached hydrogen (secondary N) is 2. The first kappa shape index (κ1) is 25.6. The molecule has 0 saturated carbocycles. The zero-order chi connectivity index (χ0) is 24.6. The molecule has 2 aliphatic rings. The van der Waals surface area contributed by atoms with Crippen LogP contribution in [0.5, 0.6) is 0 Å². The second-order valence-corrected chi connectivity index (χ2v) is 9.42. The number of carbonyl (C=O) groups excluding carboxylic acids is 1. The van der Waals surface area contributed by atoms with E-state index in [4.69, 9.17) is 19.8 Å². The Morgan fingerprint density at radius 1 is 1.17 bits per heavy atom. The minimum absolute atomic E-state index is 0.247. The Morgan fingerprint density at radius 3 is 2.71 bits per heavy atom. The SMILES string of the molecule is C[C@H]1COCCN1c1nc(-c2ccc(NC(=O)NC[Si])cc2)nc2c1CCN(CCCCO)CC2. The van der Waals surface area contributed by atoms with Gasteiger partial charge in [0, 0.05) is 55.6 Å². The lowest BCUT2D eigenvalue weighted by atomic mass is 10.1. The van der Waals surface area contributed by atoms with Crippen molar-refractivity contribution >= 4 is 27.8 Å². The zero-order valence-corrected chi connectivity index (χ0v) is 21.4. The lowest BCUT2D eigenvalue weighted by molar-refractivity contribution is 0.0984. The Balaban J connectivity index is 1.62. The van der Waals surface area contributed by atoms with Gasteiger partial charge in [-0.3, -0.25) is 0 Å². The molecule has 0 spiro atoms. The van der Waals surface area contributed by atoms with Gasteiger partial charge < -0.3 is 30.3 Å². The summed E-state index contributed by atoms with van der Waals surface area (Å²) in [5.41, 5.74) is 4.00. The van der Waals surface area contributed by atoms with Gasteiger partial charge in [-0.2, -0.15) is 0 Å². The van der Waals surface area contributed by atoms with Gasteiger partial charge in [-0.05, 0) is 57.0 Å². The lowest BCUT2D eigenvalue weighted by Gasteiger charge is -2.36. The van der Waals surface area contributed by atoms with E-state index in [0.717, 1.165) is 68.9 Å². The van der Waals surface area contributed by atoms with E-state index in [2.05, 4.69) is 37.6 Å². The number of unbranched alkanes of at least 4 members (excludes halogenated alkanes) is 1. The van der Waals surface area contributed by atoms with E-state index in [0.29, 0.717) is 30.9 Å². The van der Waals surface area contributed by atoms with Crippen LogP contribution in [0.25, 0.3) is 11.4 Å². The standard InChI is InChI=1S/C25H35N6O3Si/c1-18-16-34-15-13-31(18)24-21-8-11-30(10-2-3-14-32)12-9-22(21)28-23(29-24)19-4-6-20(7-5-19)27-25(33)26-17-35/h4-7,18,32H,2-3,8-17H2,1H3,(H2,26,27,33)/t18-/m0/s1. The van der Waals surface area contributed by atoms with Crippen molar-refractivity contribution in [2.45, 2.75) is 38.6 Å². The topological polar surface area (TPSA) is 103 Å². The van der Waals surface area contributed by atoms with Gasteiger partial charge in [0.05, 0.1) is 35.2 Å². The van der Waals surface area contributed by atoms with E-state index >= 15 is 0 Å². The summed E-state index contributed by atoms with van der Waals surface area (Å²) in [5.74, 6) is 1.74. The maximum Gasteiger partial charge on any atom is 0.318 e. The Bertz CT molecular complexity index is 990. The van der Waals surface area contributed by atoms with Gasteiger partial charge >= 0.3 is 6.03 Å². The highest BCUT2D eigenvalue weighted by Gasteiger charge is 2.27. The van der Waals surface area contributed by atoms with Crippen molar-refractivity contribution in [1.29, 1.82) is 0 Å². The van der Waals surface area contributed by atoms with Crippen LogP contribution < -0.4 is 15.5 Å². The average molecular weight is 496 g/mol. The molecule has 3 N–H and O–H groups in total. The molecule has 3 radical (unpaired) electrons. The minimum atomic E-state index is -0.263. The molecule has 2 aromatic rings. The Labute approximate surface area is 210 Å². The van der Waals surface area contributed by atoms with Crippen LogP contribution in [0.4, 0.5) is 16.3 Å². The van der Waals surface area contributed by atoms with Crippen LogP contribution in [-0.2, 0) is 17.6 Å². The summed E-state index contributed by atoms with van der Waals surface area (Å²) >= 11 is 0. The van der Waals surface area contributed by atoms with Crippen LogP contribution in [0.3, 0.4) is 0 Å². The van der Waals surface area contributed by atoms with E-state index in [1.54, 1.807) is 0 Å². The second kappa shape index (κ2) is 12.4. The van der Waals surface area contributed by atoms with Crippen LogP contribution in [0.1, 0.15) is 31.0 Å². The van der Waals surface area contributed by atoms with E-state index in [1.165, 1.54) is 5.56 Å². The number of hydrogen-bond acceptors (Lipinski definition) is 7. The number of aliphatic hydroxyl groups is 1. The molecule has 2 amide bonds. The number of aromatic nitrogens is 2. The molecule has 1 aromatic carbocycles. The summed E-state index contributed by atoms with van der Waals surface area (Å²) < 4.78 is 5.69. The van der Waals surface area contributed by atoms with Gasteiger partial charge in [0.15, 0.2) is 5.82 Å². The quantitative estimate of drug-likeness (QED) is 0.379. The van der Waals surface area contributed by atoms with Gasteiger partial charge in [-0.1, -0.05) is 0 Å². The predicted molar refractivity (Wildman–Crippen MR) is 138 cm³/mol. The van der Waals surface area contributed by atoms with Crippen LogP contribution in [0.2, 0.25) is 0 Å². The molecule has 0 bridgehead atoms. The van der Waals surface area contributed by atoms with Crippen molar-refractivity contribution < 1.29 is 14.6 Å². The maximum absolute atomic E-state index is 11.8. The van der Waals surface area contributed by atoms with E-state index < -0.39 is 0 Å². The van der Waals surface area contributed by atoms with Crippen LogP contribution >= 0.6 is 0 Å². The van der Waals surface area contributed by atoms with Gasteiger partial charge in [-0.25, -0.2) is 14.8 Å². The predicted octanol–water partition coefficient (Wildman–Crippen LogP) is 1.79. The summed E-state index contributed by atoms with van der Waals surface area (Å²) in [6.07, 6.45) is 4.02. The van der Waals surface area contributed by atoms with Crippen LogP contribution in [-0.4, -0.2) is 94.5 Å². The summed E-state index contributed by atoms with van der Waals surface area (Å²) in [4.78, 5) is 26.8. The fourth-order valence-electron chi connectivity index (χ4n) is 4.66. The van der Waals surface area contributed by atoms with E-state index in [1.807, 2.05) is 24.3 Å². The zero-order valence-electron chi connectivity index (χ0n) is 20.4. The van der Waals surface area contributed by atoms with Crippen LogP contribution in [0.15, 0.2) is 24.3 Å².